The number of hydrogen-bond acceptors (Lipinski definition) is 9. The first-order valence-electron chi connectivity index (χ1n) is 12.7. The Kier molecular flexibility index (Phi) is 7.57. The average molecular weight is 521 g/mol. The molecule has 1 aliphatic rings. The van der Waals surface area contributed by atoms with Gasteiger partial charge in [0.05, 0.1) is 36.1 Å². The van der Waals surface area contributed by atoms with E-state index in [2.05, 4.69) is 30.6 Å². The van der Waals surface area contributed by atoms with Crippen molar-refractivity contribution in [3.05, 3.63) is 48.5 Å². The van der Waals surface area contributed by atoms with Gasteiger partial charge >= 0.3 is 0 Å². The Labute approximate surface area is 221 Å². The van der Waals surface area contributed by atoms with Crippen LogP contribution in [-0.4, -0.2) is 60.6 Å². The second-order valence-corrected chi connectivity index (χ2v) is 9.33. The molecule has 0 aliphatic carbocycles. The van der Waals surface area contributed by atoms with Gasteiger partial charge in [0.2, 0.25) is 5.95 Å². The van der Waals surface area contributed by atoms with Crippen molar-refractivity contribution in [3.8, 4) is 17.0 Å². The predicted octanol–water partition coefficient (Wildman–Crippen LogP) is 4.32. The summed E-state index contributed by atoms with van der Waals surface area (Å²) in [6, 6.07) is 8.78. The Morgan fingerprint density at radius 3 is 2.89 bits per heavy atom. The van der Waals surface area contributed by atoms with E-state index >= 15 is 4.39 Å². The van der Waals surface area contributed by atoms with Gasteiger partial charge < -0.3 is 30.7 Å². The molecule has 0 spiro atoms. The Morgan fingerprint density at radius 2 is 2.13 bits per heavy atom. The van der Waals surface area contributed by atoms with Gasteiger partial charge in [0.25, 0.3) is 0 Å². The molecule has 3 heterocycles. The van der Waals surface area contributed by atoms with Crippen LogP contribution in [0.15, 0.2) is 42.7 Å². The summed E-state index contributed by atoms with van der Waals surface area (Å²) in [4.78, 5) is 11.0. The molecule has 11 heteroatoms. The minimum atomic E-state index is -0.371. The molecule has 10 nitrogen and oxygen atoms in total. The summed E-state index contributed by atoms with van der Waals surface area (Å²) < 4.78 is 28.4. The SMILES string of the molecule is CNCCN(C)c1cc(OC)c(Nc2nccc(-c3cc(F)c4c(cnn4C4CCCCO4)c3)n2)cc1N. The van der Waals surface area contributed by atoms with E-state index in [1.165, 1.54) is 6.07 Å². The monoisotopic (exact) mass is 520 g/mol. The van der Waals surface area contributed by atoms with Crippen molar-refractivity contribution in [2.75, 3.05) is 56.9 Å². The fourth-order valence-electron chi connectivity index (χ4n) is 4.71. The van der Waals surface area contributed by atoms with Crippen molar-refractivity contribution in [3.63, 3.8) is 0 Å². The fourth-order valence-corrected chi connectivity index (χ4v) is 4.71. The van der Waals surface area contributed by atoms with Gasteiger partial charge in [-0.05, 0) is 50.6 Å². The highest BCUT2D eigenvalue weighted by Crippen LogP contribution is 2.36. The van der Waals surface area contributed by atoms with Gasteiger partial charge in [-0.15, -0.1) is 0 Å². The van der Waals surface area contributed by atoms with E-state index in [1.54, 1.807) is 36.3 Å². The molecular weight excluding hydrogens is 487 g/mol. The van der Waals surface area contributed by atoms with Crippen LogP contribution in [0.1, 0.15) is 25.5 Å². The standard InChI is InChI=1S/C27H33FN8O2/c1-30-9-10-35(2)23-15-24(37-3)22(14-20(23)29)34-27-31-8-7-21(33-27)17-12-18-16-32-36(26(18)19(28)13-17)25-6-4-5-11-38-25/h7-8,12-16,25,30H,4-6,9-11,29H2,1-3H3,(H,31,33,34). The summed E-state index contributed by atoms with van der Waals surface area (Å²) in [5.74, 6) is 0.567. The summed E-state index contributed by atoms with van der Waals surface area (Å²) in [6.45, 7) is 2.27. The van der Waals surface area contributed by atoms with E-state index in [4.69, 9.17) is 15.2 Å². The van der Waals surface area contributed by atoms with Gasteiger partial charge in [-0.1, -0.05) is 0 Å². The van der Waals surface area contributed by atoms with E-state index in [1.807, 2.05) is 26.2 Å². The fraction of sp³-hybridized carbons (Fsp3) is 0.370. The minimum Gasteiger partial charge on any atom is -0.494 e. The van der Waals surface area contributed by atoms with Crippen molar-refractivity contribution in [2.45, 2.75) is 25.5 Å². The Bertz CT molecular complexity index is 1420. The topological polar surface area (TPSA) is 115 Å². The lowest BCUT2D eigenvalue weighted by Crippen LogP contribution is -2.27. The quantitative estimate of drug-likeness (QED) is 0.278. The Balaban J connectivity index is 1.42. The number of aromatic nitrogens is 4. The lowest BCUT2D eigenvalue weighted by Gasteiger charge is -2.23. The summed E-state index contributed by atoms with van der Waals surface area (Å²) in [6.07, 6.45) is 5.93. The van der Waals surface area contributed by atoms with Gasteiger partial charge in [0.1, 0.15) is 17.1 Å². The largest absolute Gasteiger partial charge is 0.494 e. The van der Waals surface area contributed by atoms with Crippen LogP contribution < -0.4 is 26.0 Å². The molecule has 38 heavy (non-hydrogen) atoms. The number of halogens is 1. The number of ether oxygens (including phenoxy) is 2. The number of nitrogen functional groups attached to an aromatic ring is 1. The highest BCUT2D eigenvalue weighted by Gasteiger charge is 2.21. The number of hydrogen-bond donors (Lipinski definition) is 3. The first-order valence-corrected chi connectivity index (χ1v) is 12.7. The van der Waals surface area contributed by atoms with Crippen LogP contribution in [0.4, 0.5) is 27.4 Å². The van der Waals surface area contributed by atoms with Crippen LogP contribution >= 0.6 is 0 Å². The first-order chi connectivity index (χ1) is 18.5. The van der Waals surface area contributed by atoms with Crippen LogP contribution in [-0.2, 0) is 4.74 Å². The van der Waals surface area contributed by atoms with Gasteiger partial charge in [0, 0.05) is 50.0 Å². The number of nitrogens with two attached hydrogens (primary N) is 1. The molecule has 1 aliphatic heterocycles. The maximum atomic E-state index is 15.3. The predicted molar refractivity (Wildman–Crippen MR) is 147 cm³/mol. The molecule has 1 fully saturated rings. The molecule has 0 saturated carbocycles. The lowest BCUT2D eigenvalue weighted by molar-refractivity contribution is -0.0369. The number of fused-ring (bicyclic) bond motifs is 1. The summed E-state index contributed by atoms with van der Waals surface area (Å²) in [5.41, 5.74) is 10.1. The number of likely N-dealkylation sites (N-methyl/N-ethyl adjacent to an activating group) is 2. The van der Waals surface area contributed by atoms with Crippen molar-refractivity contribution in [1.29, 1.82) is 0 Å². The van der Waals surface area contributed by atoms with E-state index in [-0.39, 0.29) is 12.0 Å². The van der Waals surface area contributed by atoms with E-state index < -0.39 is 0 Å². The third-order valence-corrected chi connectivity index (χ3v) is 6.73. The molecule has 1 atom stereocenters. The van der Waals surface area contributed by atoms with Crippen LogP contribution in [0.3, 0.4) is 0 Å². The van der Waals surface area contributed by atoms with Gasteiger partial charge in [-0.3, -0.25) is 0 Å². The molecule has 4 N–H and O–H groups in total. The summed E-state index contributed by atoms with van der Waals surface area (Å²) >= 11 is 0. The highest BCUT2D eigenvalue weighted by atomic mass is 19.1. The molecule has 200 valence electrons. The van der Waals surface area contributed by atoms with Crippen molar-refractivity contribution >= 4 is 33.9 Å². The van der Waals surface area contributed by atoms with Crippen molar-refractivity contribution in [1.82, 2.24) is 25.1 Å². The van der Waals surface area contributed by atoms with E-state index in [0.717, 1.165) is 38.0 Å². The molecule has 0 radical (unpaired) electrons. The van der Waals surface area contributed by atoms with Crippen LogP contribution in [0.25, 0.3) is 22.2 Å². The zero-order valence-electron chi connectivity index (χ0n) is 21.9. The highest BCUT2D eigenvalue weighted by molar-refractivity contribution is 5.85. The third-order valence-electron chi connectivity index (χ3n) is 6.73. The molecule has 0 amide bonds. The zero-order chi connectivity index (χ0) is 26.6. The molecule has 2 aromatic heterocycles. The first kappa shape index (κ1) is 25.7. The number of anilines is 4. The van der Waals surface area contributed by atoms with Crippen LogP contribution in [0, 0.1) is 5.82 Å². The lowest BCUT2D eigenvalue weighted by atomic mass is 10.1. The molecule has 1 saturated heterocycles. The van der Waals surface area contributed by atoms with E-state index in [0.29, 0.717) is 51.8 Å². The molecule has 4 aromatic rings. The van der Waals surface area contributed by atoms with Gasteiger partial charge in [-0.2, -0.15) is 5.10 Å². The second kappa shape index (κ2) is 11.2. The van der Waals surface area contributed by atoms with Crippen molar-refractivity contribution < 1.29 is 13.9 Å². The van der Waals surface area contributed by atoms with Crippen LogP contribution in [0.2, 0.25) is 0 Å². The maximum Gasteiger partial charge on any atom is 0.227 e. The van der Waals surface area contributed by atoms with Gasteiger partial charge in [0.15, 0.2) is 6.23 Å². The molecule has 2 aromatic carbocycles. The minimum absolute atomic E-state index is 0.242. The number of rotatable bonds is 9. The summed E-state index contributed by atoms with van der Waals surface area (Å²) in [7, 11) is 5.48. The van der Waals surface area contributed by atoms with Crippen molar-refractivity contribution in [2.24, 2.45) is 0 Å². The summed E-state index contributed by atoms with van der Waals surface area (Å²) in [5, 5.41) is 11.4. The number of nitrogens with one attached hydrogen (secondary N) is 2. The Hall–Kier alpha value is -3.96. The molecule has 1 unspecified atom stereocenters. The number of benzene rings is 2. The maximum absolute atomic E-state index is 15.3. The smallest absolute Gasteiger partial charge is 0.227 e. The average Bonchev–Trinajstić information content (AvgIpc) is 3.37. The van der Waals surface area contributed by atoms with Gasteiger partial charge in [-0.25, -0.2) is 19.0 Å². The van der Waals surface area contributed by atoms with Crippen LogP contribution in [0.5, 0.6) is 5.75 Å². The number of methoxy groups -OCH3 is 1. The zero-order valence-corrected chi connectivity index (χ0v) is 21.9. The van der Waals surface area contributed by atoms with E-state index in [9.17, 15) is 0 Å². The molecule has 0 bridgehead atoms. The Morgan fingerprint density at radius 1 is 1.26 bits per heavy atom. The molecular formula is C27H33FN8O2. The third kappa shape index (κ3) is 5.20. The second-order valence-electron chi connectivity index (χ2n) is 9.33. The number of nitrogens with zero attached hydrogens (tertiary/aromatic N) is 5. The molecule has 5 rings (SSSR count). The normalized spacial score (nSPS) is 15.5.